The number of likely N-dealkylation sites (tertiary alicyclic amines) is 1. The van der Waals surface area contributed by atoms with Gasteiger partial charge in [0.25, 0.3) is 5.91 Å². The molecule has 2 heterocycles. The van der Waals surface area contributed by atoms with Crippen LogP contribution in [0.1, 0.15) is 43.6 Å². The van der Waals surface area contributed by atoms with Gasteiger partial charge in [-0.05, 0) is 30.4 Å². The Labute approximate surface area is 157 Å². The van der Waals surface area contributed by atoms with E-state index in [0.29, 0.717) is 39.8 Å². The highest BCUT2D eigenvalue weighted by Gasteiger charge is 2.29. The SMILES string of the molecule is CCc1nc(C(=O)N2CC(C)CC(C)C2)nn1-c1c(Cl)cccc1Cl. The van der Waals surface area contributed by atoms with Crippen molar-refractivity contribution in [3.63, 3.8) is 0 Å². The van der Waals surface area contributed by atoms with Crippen molar-refractivity contribution in [1.82, 2.24) is 19.7 Å². The van der Waals surface area contributed by atoms with Crippen LogP contribution in [-0.4, -0.2) is 38.7 Å². The topological polar surface area (TPSA) is 51.0 Å². The van der Waals surface area contributed by atoms with E-state index < -0.39 is 0 Å². The molecule has 0 spiro atoms. The maximum Gasteiger partial charge on any atom is 0.293 e. The van der Waals surface area contributed by atoms with Crippen LogP contribution >= 0.6 is 23.2 Å². The number of aromatic nitrogens is 3. The Balaban J connectivity index is 1.97. The predicted octanol–water partition coefficient (Wildman–Crippen LogP) is 4.25. The number of carbonyl (C=O) groups excluding carboxylic acids is 1. The summed E-state index contributed by atoms with van der Waals surface area (Å²) in [7, 11) is 0. The van der Waals surface area contributed by atoms with Gasteiger partial charge >= 0.3 is 0 Å². The van der Waals surface area contributed by atoms with Gasteiger partial charge in [0.2, 0.25) is 5.82 Å². The molecule has 0 radical (unpaired) electrons. The number of rotatable bonds is 3. The number of carbonyl (C=O) groups is 1. The van der Waals surface area contributed by atoms with E-state index in [9.17, 15) is 4.79 Å². The highest BCUT2D eigenvalue weighted by atomic mass is 35.5. The van der Waals surface area contributed by atoms with Gasteiger partial charge in [-0.25, -0.2) is 9.67 Å². The van der Waals surface area contributed by atoms with E-state index in [2.05, 4.69) is 23.9 Å². The van der Waals surface area contributed by atoms with Gasteiger partial charge in [-0.2, -0.15) is 0 Å². The van der Waals surface area contributed by atoms with Crippen LogP contribution in [0, 0.1) is 11.8 Å². The lowest BCUT2D eigenvalue weighted by Gasteiger charge is -2.34. The number of hydrogen-bond donors (Lipinski definition) is 0. The molecule has 2 aromatic rings. The minimum Gasteiger partial charge on any atom is -0.335 e. The van der Waals surface area contributed by atoms with Crippen LogP contribution < -0.4 is 0 Å². The minimum atomic E-state index is -0.130. The van der Waals surface area contributed by atoms with Gasteiger partial charge < -0.3 is 4.90 Å². The molecule has 2 unspecified atom stereocenters. The molecule has 1 aliphatic heterocycles. The lowest BCUT2D eigenvalue weighted by molar-refractivity contribution is 0.0611. The van der Waals surface area contributed by atoms with E-state index in [1.807, 2.05) is 11.8 Å². The Morgan fingerprint density at radius 3 is 2.36 bits per heavy atom. The van der Waals surface area contributed by atoms with E-state index in [0.717, 1.165) is 19.5 Å². The molecule has 1 aliphatic rings. The molecule has 2 atom stereocenters. The molecule has 1 aromatic carbocycles. The number of para-hydroxylation sites is 1. The average molecular weight is 381 g/mol. The Morgan fingerprint density at radius 2 is 1.80 bits per heavy atom. The molecule has 1 fully saturated rings. The third-order valence-electron chi connectivity index (χ3n) is 4.49. The Bertz CT molecular complexity index is 759. The van der Waals surface area contributed by atoms with Gasteiger partial charge in [0, 0.05) is 19.5 Å². The first kappa shape index (κ1) is 18.2. The van der Waals surface area contributed by atoms with Crippen LogP contribution in [0.4, 0.5) is 0 Å². The standard InChI is InChI=1S/C18H22Cl2N4O/c1-4-15-21-17(18(25)23-9-11(2)8-12(3)10-23)22-24(15)16-13(19)6-5-7-14(16)20/h5-7,11-12H,4,8-10H2,1-3H3. The summed E-state index contributed by atoms with van der Waals surface area (Å²) in [5.41, 5.74) is 0.564. The molecule has 1 saturated heterocycles. The molecule has 0 bridgehead atoms. The van der Waals surface area contributed by atoms with Crippen molar-refractivity contribution in [1.29, 1.82) is 0 Å². The summed E-state index contributed by atoms with van der Waals surface area (Å²) < 4.78 is 1.59. The molecule has 3 rings (SSSR count). The van der Waals surface area contributed by atoms with Crippen molar-refractivity contribution in [3.8, 4) is 5.69 Å². The fourth-order valence-electron chi connectivity index (χ4n) is 3.50. The Kier molecular flexibility index (Phi) is 5.35. The number of benzene rings is 1. The smallest absolute Gasteiger partial charge is 0.293 e. The largest absolute Gasteiger partial charge is 0.335 e. The Hall–Kier alpha value is -1.59. The van der Waals surface area contributed by atoms with Gasteiger partial charge in [0.15, 0.2) is 0 Å². The molecule has 0 aliphatic carbocycles. The van der Waals surface area contributed by atoms with E-state index in [1.54, 1.807) is 22.9 Å². The number of amides is 1. The minimum absolute atomic E-state index is 0.130. The van der Waals surface area contributed by atoms with Crippen LogP contribution in [-0.2, 0) is 6.42 Å². The van der Waals surface area contributed by atoms with Crippen molar-refractivity contribution in [2.45, 2.75) is 33.6 Å². The zero-order valence-electron chi connectivity index (χ0n) is 14.7. The van der Waals surface area contributed by atoms with Gasteiger partial charge in [-0.3, -0.25) is 4.79 Å². The average Bonchev–Trinajstić information content (AvgIpc) is 2.97. The van der Waals surface area contributed by atoms with Crippen molar-refractivity contribution in [3.05, 3.63) is 39.9 Å². The van der Waals surface area contributed by atoms with E-state index >= 15 is 0 Å². The van der Waals surface area contributed by atoms with E-state index in [1.165, 1.54) is 0 Å². The summed E-state index contributed by atoms with van der Waals surface area (Å²) >= 11 is 12.6. The van der Waals surface area contributed by atoms with Crippen LogP contribution in [0.2, 0.25) is 10.0 Å². The molecule has 7 heteroatoms. The summed E-state index contributed by atoms with van der Waals surface area (Å²) in [4.78, 5) is 19.2. The van der Waals surface area contributed by atoms with Crippen LogP contribution in [0.15, 0.2) is 18.2 Å². The van der Waals surface area contributed by atoms with Crippen molar-refractivity contribution in [2.24, 2.45) is 11.8 Å². The fourth-order valence-corrected chi connectivity index (χ4v) is 4.06. The second kappa shape index (κ2) is 7.34. The molecular formula is C18H22Cl2N4O. The lowest BCUT2D eigenvalue weighted by atomic mass is 9.92. The summed E-state index contributed by atoms with van der Waals surface area (Å²) in [5.74, 6) is 1.71. The second-order valence-electron chi connectivity index (χ2n) is 6.84. The molecule has 25 heavy (non-hydrogen) atoms. The third-order valence-corrected chi connectivity index (χ3v) is 5.10. The zero-order chi connectivity index (χ0) is 18.1. The molecule has 1 amide bonds. The van der Waals surface area contributed by atoms with Gasteiger partial charge in [-0.1, -0.05) is 50.0 Å². The summed E-state index contributed by atoms with van der Waals surface area (Å²) in [6, 6.07) is 5.28. The summed E-state index contributed by atoms with van der Waals surface area (Å²) in [6.07, 6.45) is 1.76. The van der Waals surface area contributed by atoms with Crippen LogP contribution in [0.5, 0.6) is 0 Å². The maximum absolute atomic E-state index is 12.9. The van der Waals surface area contributed by atoms with Gasteiger partial charge in [0.1, 0.15) is 11.5 Å². The van der Waals surface area contributed by atoms with Crippen LogP contribution in [0.25, 0.3) is 5.69 Å². The maximum atomic E-state index is 12.9. The molecule has 1 aromatic heterocycles. The van der Waals surface area contributed by atoms with E-state index in [-0.39, 0.29) is 11.7 Å². The second-order valence-corrected chi connectivity index (χ2v) is 7.66. The normalized spacial score (nSPS) is 20.8. The molecule has 0 saturated carbocycles. The molecule has 0 N–H and O–H groups in total. The first-order chi connectivity index (χ1) is 11.9. The van der Waals surface area contributed by atoms with Gasteiger partial charge in [0.05, 0.1) is 10.0 Å². The monoisotopic (exact) mass is 380 g/mol. The highest BCUT2D eigenvalue weighted by Crippen LogP contribution is 2.29. The first-order valence-electron chi connectivity index (χ1n) is 8.60. The summed E-state index contributed by atoms with van der Waals surface area (Å²) in [5, 5.41) is 5.40. The summed E-state index contributed by atoms with van der Waals surface area (Å²) in [6.45, 7) is 7.79. The zero-order valence-corrected chi connectivity index (χ0v) is 16.2. The highest BCUT2D eigenvalue weighted by molar-refractivity contribution is 6.37. The Morgan fingerprint density at radius 1 is 1.20 bits per heavy atom. The van der Waals surface area contributed by atoms with Crippen LogP contribution in [0.3, 0.4) is 0 Å². The number of hydrogen-bond acceptors (Lipinski definition) is 3. The van der Waals surface area contributed by atoms with Gasteiger partial charge in [-0.15, -0.1) is 5.10 Å². The predicted molar refractivity (Wildman–Crippen MR) is 99.6 cm³/mol. The van der Waals surface area contributed by atoms with Crippen molar-refractivity contribution in [2.75, 3.05) is 13.1 Å². The number of halogens is 2. The quantitative estimate of drug-likeness (QED) is 0.799. The number of aryl methyl sites for hydroxylation is 1. The van der Waals surface area contributed by atoms with E-state index in [4.69, 9.17) is 23.2 Å². The fraction of sp³-hybridized carbons (Fsp3) is 0.500. The molecule has 134 valence electrons. The van der Waals surface area contributed by atoms with Crippen molar-refractivity contribution >= 4 is 29.1 Å². The third kappa shape index (κ3) is 3.67. The lowest BCUT2D eigenvalue weighted by Crippen LogP contribution is -2.43. The first-order valence-corrected chi connectivity index (χ1v) is 9.35. The van der Waals surface area contributed by atoms with Crippen molar-refractivity contribution < 1.29 is 4.79 Å². The molecular weight excluding hydrogens is 359 g/mol. The number of piperidine rings is 1. The molecule has 5 nitrogen and oxygen atoms in total. The number of nitrogens with zero attached hydrogens (tertiary/aromatic N) is 4.